The van der Waals surface area contributed by atoms with Crippen molar-refractivity contribution in [2.45, 2.75) is 32.2 Å². The third-order valence-electron chi connectivity index (χ3n) is 2.48. The number of nitrogens with zero attached hydrogens (tertiary/aromatic N) is 2. The zero-order valence-corrected chi connectivity index (χ0v) is 9.26. The SMILES string of the molecule is CC(CC1CC1)Nc1nc(Cl)ncc1F. The summed E-state index contributed by atoms with van der Waals surface area (Å²) in [6, 6.07) is 0.220. The van der Waals surface area contributed by atoms with E-state index in [4.69, 9.17) is 11.6 Å². The second-order valence-corrected chi connectivity index (χ2v) is 4.40. The van der Waals surface area contributed by atoms with E-state index < -0.39 is 5.82 Å². The predicted octanol–water partition coefficient (Wildman–Crippen LogP) is 2.87. The van der Waals surface area contributed by atoms with Crippen LogP contribution in [-0.4, -0.2) is 16.0 Å². The molecule has 1 saturated carbocycles. The number of rotatable bonds is 4. The molecule has 1 aromatic rings. The van der Waals surface area contributed by atoms with Crippen molar-refractivity contribution in [3.05, 3.63) is 17.3 Å². The first-order chi connectivity index (χ1) is 7.15. The van der Waals surface area contributed by atoms with Crippen LogP contribution in [0, 0.1) is 11.7 Å². The molecule has 82 valence electrons. The van der Waals surface area contributed by atoms with Crippen LogP contribution in [0.4, 0.5) is 10.2 Å². The highest BCUT2D eigenvalue weighted by Crippen LogP contribution is 2.34. The van der Waals surface area contributed by atoms with Crippen molar-refractivity contribution in [3.63, 3.8) is 0 Å². The Kier molecular flexibility index (Phi) is 3.05. The number of nitrogens with one attached hydrogen (secondary N) is 1. The van der Waals surface area contributed by atoms with Crippen molar-refractivity contribution in [1.29, 1.82) is 0 Å². The first-order valence-electron chi connectivity index (χ1n) is 5.09. The maximum atomic E-state index is 13.2. The number of aromatic nitrogens is 2. The first-order valence-corrected chi connectivity index (χ1v) is 5.47. The van der Waals surface area contributed by atoms with E-state index in [0.717, 1.165) is 18.5 Å². The summed E-state index contributed by atoms with van der Waals surface area (Å²) < 4.78 is 13.2. The minimum atomic E-state index is -0.456. The zero-order valence-electron chi connectivity index (χ0n) is 8.50. The van der Waals surface area contributed by atoms with Crippen LogP contribution >= 0.6 is 11.6 Å². The fourth-order valence-electron chi connectivity index (χ4n) is 1.59. The molecule has 5 heteroatoms. The largest absolute Gasteiger partial charge is 0.365 e. The van der Waals surface area contributed by atoms with Crippen LogP contribution in [-0.2, 0) is 0 Å². The summed E-state index contributed by atoms with van der Waals surface area (Å²) in [7, 11) is 0. The van der Waals surface area contributed by atoms with Crippen LogP contribution in [0.25, 0.3) is 0 Å². The van der Waals surface area contributed by atoms with E-state index in [1.807, 2.05) is 6.92 Å². The van der Waals surface area contributed by atoms with Crippen LogP contribution in [0.15, 0.2) is 6.20 Å². The number of anilines is 1. The molecule has 0 spiro atoms. The molecule has 1 fully saturated rings. The average molecular weight is 230 g/mol. The molecular weight excluding hydrogens is 217 g/mol. The summed E-state index contributed by atoms with van der Waals surface area (Å²) in [6.07, 6.45) is 4.72. The summed E-state index contributed by atoms with van der Waals surface area (Å²) in [6.45, 7) is 2.02. The van der Waals surface area contributed by atoms with Gasteiger partial charge in [0.1, 0.15) is 0 Å². The number of hydrogen-bond donors (Lipinski definition) is 1. The molecule has 1 unspecified atom stereocenters. The summed E-state index contributed by atoms with van der Waals surface area (Å²) >= 11 is 5.59. The zero-order chi connectivity index (χ0) is 10.8. The second-order valence-electron chi connectivity index (χ2n) is 4.06. The van der Waals surface area contributed by atoms with Crippen molar-refractivity contribution in [2.24, 2.45) is 5.92 Å². The lowest BCUT2D eigenvalue weighted by Crippen LogP contribution is -2.17. The Morgan fingerprint density at radius 2 is 2.40 bits per heavy atom. The summed E-state index contributed by atoms with van der Waals surface area (Å²) in [5.41, 5.74) is 0. The van der Waals surface area contributed by atoms with Gasteiger partial charge in [0.05, 0.1) is 6.20 Å². The minimum absolute atomic E-state index is 0.0671. The number of halogens is 2. The maximum absolute atomic E-state index is 13.2. The van der Waals surface area contributed by atoms with E-state index in [2.05, 4.69) is 15.3 Å². The first kappa shape index (κ1) is 10.6. The molecule has 0 amide bonds. The van der Waals surface area contributed by atoms with E-state index in [0.29, 0.717) is 0 Å². The smallest absolute Gasteiger partial charge is 0.224 e. The van der Waals surface area contributed by atoms with E-state index in [1.54, 1.807) is 0 Å². The fourth-order valence-corrected chi connectivity index (χ4v) is 1.73. The van der Waals surface area contributed by atoms with Gasteiger partial charge in [-0.15, -0.1) is 0 Å². The van der Waals surface area contributed by atoms with Crippen LogP contribution in [0.5, 0.6) is 0 Å². The Balaban J connectivity index is 1.98. The molecule has 15 heavy (non-hydrogen) atoms. The van der Waals surface area contributed by atoms with E-state index in [1.165, 1.54) is 12.8 Å². The molecule has 0 saturated heterocycles. The molecule has 1 atom stereocenters. The molecule has 0 bridgehead atoms. The molecule has 3 nitrogen and oxygen atoms in total. The van der Waals surface area contributed by atoms with Crippen molar-refractivity contribution in [1.82, 2.24) is 9.97 Å². The highest BCUT2D eigenvalue weighted by atomic mass is 35.5. The highest BCUT2D eigenvalue weighted by Gasteiger charge is 2.24. The summed E-state index contributed by atoms with van der Waals surface area (Å²) in [4.78, 5) is 7.37. The molecule has 1 aliphatic carbocycles. The Hall–Kier alpha value is -0.900. The molecule has 0 aliphatic heterocycles. The normalized spacial score (nSPS) is 17.5. The maximum Gasteiger partial charge on any atom is 0.224 e. The van der Waals surface area contributed by atoms with Gasteiger partial charge in [0.15, 0.2) is 11.6 Å². The fraction of sp³-hybridized carbons (Fsp3) is 0.600. The molecule has 1 aliphatic rings. The highest BCUT2D eigenvalue weighted by molar-refractivity contribution is 6.28. The third-order valence-corrected chi connectivity index (χ3v) is 2.66. The van der Waals surface area contributed by atoms with Gasteiger partial charge in [0, 0.05) is 6.04 Å². The van der Waals surface area contributed by atoms with E-state index in [-0.39, 0.29) is 17.1 Å². The predicted molar refractivity (Wildman–Crippen MR) is 57.4 cm³/mol. The molecular formula is C10H13ClFN3. The van der Waals surface area contributed by atoms with Gasteiger partial charge in [-0.2, -0.15) is 4.98 Å². The Labute approximate surface area is 93.1 Å². The van der Waals surface area contributed by atoms with Gasteiger partial charge in [-0.25, -0.2) is 9.37 Å². The molecule has 1 N–H and O–H groups in total. The molecule has 0 radical (unpaired) electrons. The van der Waals surface area contributed by atoms with Gasteiger partial charge in [-0.05, 0) is 30.9 Å². The Morgan fingerprint density at radius 1 is 1.67 bits per heavy atom. The van der Waals surface area contributed by atoms with Gasteiger partial charge in [0.25, 0.3) is 0 Å². The Bertz CT molecular complexity index is 355. The van der Waals surface area contributed by atoms with Gasteiger partial charge in [0.2, 0.25) is 5.28 Å². The molecule has 1 heterocycles. The van der Waals surface area contributed by atoms with Crippen LogP contribution in [0.3, 0.4) is 0 Å². The Morgan fingerprint density at radius 3 is 3.07 bits per heavy atom. The van der Waals surface area contributed by atoms with Crippen molar-refractivity contribution in [2.75, 3.05) is 5.32 Å². The van der Waals surface area contributed by atoms with Gasteiger partial charge in [-0.3, -0.25) is 0 Å². The quantitative estimate of drug-likeness (QED) is 0.807. The van der Waals surface area contributed by atoms with Crippen LogP contribution in [0.1, 0.15) is 26.2 Å². The minimum Gasteiger partial charge on any atom is -0.365 e. The third kappa shape index (κ3) is 3.02. The van der Waals surface area contributed by atoms with Gasteiger partial charge >= 0.3 is 0 Å². The van der Waals surface area contributed by atoms with Crippen molar-refractivity contribution < 1.29 is 4.39 Å². The summed E-state index contributed by atoms with van der Waals surface area (Å²) in [5, 5.41) is 3.08. The lowest BCUT2D eigenvalue weighted by molar-refractivity contribution is 0.598. The average Bonchev–Trinajstić information content (AvgIpc) is 2.95. The molecule has 1 aromatic heterocycles. The molecule has 2 rings (SSSR count). The van der Waals surface area contributed by atoms with E-state index in [9.17, 15) is 4.39 Å². The van der Waals surface area contributed by atoms with Gasteiger partial charge in [-0.1, -0.05) is 12.8 Å². The topological polar surface area (TPSA) is 37.8 Å². The van der Waals surface area contributed by atoms with E-state index >= 15 is 0 Å². The van der Waals surface area contributed by atoms with Crippen molar-refractivity contribution >= 4 is 17.4 Å². The summed E-state index contributed by atoms with van der Waals surface area (Å²) in [5.74, 6) is 0.540. The second kappa shape index (κ2) is 4.31. The lowest BCUT2D eigenvalue weighted by Gasteiger charge is -2.14. The standard InChI is InChI=1S/C10H13ClFN3/c1-6(4-7-2-3-7)14-9-8(12)5-13-10(11)15-9/h5-7H,2-4H2,1H3,(H,13,14,15). The van der Waals surface area contributed by atoms with Crippen LogP contribution < -0.4 is 5.32 Å². The number of hydrogen-bond acceptors (Lipinski definition) is 3. The van der Waals surface area contributed by atoms with Crippen LogP contribution in [0.2, 0.25) is 5.28 Å². The lowest BCUT2D eigenvalue weighted by atomic mass is 10.1. The van der Waals surface area contributed by atoms with Gasteiger partial charge < -0.3 is 5.32 Å². The van der Waals surface area contributed by atoms with Crippen molar-refractivity contribution in [3.8, 4) is 0 Å². The molecule has 0 aromatic carbocycles. The monoisotopic (exact) mass is 229 g/mol.